The molecule has 39 heavy (non-hydrogen) atoms. The maximum absolute atomic E-state index is 13.5. The number of pyridine rings is 1. The summed E-state index contributed by atoms with van der Waals surface area (Å²) in [5.74, 6) is 5.70. The number of halogens is 3. The van der Waals surface area contributed by atoms with Crippen LogP contribution in [-0.2, 0) is 16.7 Å². The van der Waals surface area contributed by atoms with E-state index in [2.05, 4.69) is 38.8 Å². The van der Waals surface area contributed by atoms with Crippen LogP contribution in [0.3, 0.4) is 0 Å². The van der Waals surface area contributed by atoms with Gasteiger partial charge in [-0.15, -0.1) is 0 Å². The van der Waals surface area contributed by atoms with E-state index in [9.17, 15) is 23.2 Å². The number of hydrogen-bond donors (Lipinski definition) is 3. The van der Waals surface area contributed by atoms with Crippen molar-refractivity contribution in [3.05, 3.63) is 54.0 Å². The van der Waals surface area contributed by atoms with Gasteiger partial charge in [-0.1, -0.05) is 12.0 Å². The molecule has 2 aromatic heterocycles. The molecule has 204 valence electrons. The van der Waals surface area contributed by atoms with Crippen LogP contribution >= 0.6 is 0 Å². The van der Waals surface area contributed by atoms with Crippen molar-refractivity contribution < 1.29 is 22.7 Å². The van der Waals surface area contributed by atoms with Crippen LogP contribution in [0.1, 0.15) is 38.1 Å². The molecule has 11 heteroatoms. The molecule has 3 aromatic rings. The monoisotopic (exact) mass is 538 g/mol. The topological polar surface area (TPSA) is 104 Å². The Kier molecular flexibility index (Phi) is 8.32. The van der Waals surface area contributed by atoms with E-state index in [4.69, 9.17) is 4.74 Å². The Labute approximate surface area is 224 Å². The van der Waals surface area contributed by atoms with Gasteiger partial charge in [0.05, 0.1) is 52.5 Å². The zero-order valence-electron chi connectivity index (χ0n) is 21.7. The minimum absolute atomic E-state index is 0.0223. The lowest BCUT2D eigenvalue weighted by Crippen LogP contribution is -2.41. The van der Waals surface area contributed by atoms with E-state index in [1.54, 1.807) is 56.4 Å². The van der Waals surface area contributed by atoms with E-state index < -0.39 is 24.2 Å². The Morgan fingerprint density at radius 3 is 2.64 bits per heavy atom. The third-order valence-corrected chi connectivity index (χ3v) is 6.37. The molecule has 0 saturated carbocycles. The van der Waals surface area contributed by atoms with Gasteiger partial charge in [-0.05, 0) is 62.9 Å². The quantitative estimate of drug-likeness (QED) is 0.376. The van der Waals surface area contributed by atoms with Crippen molar-refractivity contribution in [1.82, 2.24) is 14.9 Å². The van der Waals surface area contributed by atoms with Crippen LogP contribution in [0.5, 0.6) is 0 Å². The minimum Gasteiger partial charge on any atom is -0.381 e. The number of fused-ring (bicyclic) bond motifs is 1. The Hall–Kier alpha value is -4.22. The van der Waals surface area contributed by atoms with E-state index in [0.29, 0.717) is 54.0 Å². The van der Waals surface area contributed by atoms with E-state index in [1.807, 2.05) is 0 Å². The summed E-state index contributed by atoms with van der Waals surface area (Å²) in [5.41, 5.74) is 1.46. The van der Waals surface area contributed by atoms with Crippen LogP contribution in [-0.4, -0.2) is 47.6 Å². The fraction of sp³-hybridized carbons (Fsp3) is 0.393. The standard InChI is InChI=1S/C28H29F3N6O2/c1-27(2,17-32)25-9-8-20(16-34-25)33-12-4-5-21-15-22-23(36-26(38)35-19-10-13-39-14-11-19)6-3-7-24(22)37(21)18-28(29,30)31/h3,6-9,15-16,19,33H,10-14,18H2,1-2H3,(H2,35,36,38). The van der Waals surface area contributed by atoms with E-state index >= 15 is 0 Å². The first kappa shape index (κ1) is 27.8. The summed E-state index contributed by atoms with van der Waals surface area (Å²) in [7, 11) is 0. The molecule has 0 spiro atoms. The highest BCUT2D eigenvalue weighted by Crippen LogP contribution is 2.30. The number of nitrogens with one attached hydrogen (secondary N) is 3. The number of carbonyl (C=O) groups is 1. The number of nitriles is 1. The van der Waals surface area contributed by atoms with E-state index in [1.165, 1.54) is 0 Å². The van der Waals surface area contributed by atoms with Gasteiger partial charge in [0.2, 0.25) is 0 Å². The number of ether oxygens (including phenoxy) is 1. The Morgan fingerprint density at radius 2 is 1.97 bits per heavy atom. The van der Waals surface area contributed by atoms with Gasteiger partial charge >= 0.3 is 12.2 Å². The molecule has 0 bridgehead atoms. The molecule has 3 N–H and O–H groups in total. The number of aromatic nitrogens is 2. The van der Waals surface area contributed by atoms with Crippen molar-refractivity contribution in [2.75, 3.05) is 30.4 Å². The molecule has 1 saturated heterocycles. The van der Waals surface area contributed by atoms with Gasteiger partial charge in [0.15, 0.2) is 0 Å². The summed E-state index contributed by atoms with van der Waals surface area (Å²) >= 11 is 0. The maximum atomic E-state index is 13.5. The minimum atomic E-state index is -4.46. The predicted molar refractivity (Wildman–Crippen MR) is 142 cm³/mol. The molecule has 1 aromatic carbocycles. The van der Waals surface area contributed by atoms with Crippen molar-refractivity contribution in [3.63, 3.8) is 0 Å². The SMILES string of the molecule is CC(C)(C#N)c1ccc(NCC#Cc2cc3c(NC(=O)NC4CCOCC4)cccc3n2CC(F)(F)F)cn1. The molecule has 1 fully saturated rings. The van der Waals surface area contributed by atoms with Gasteiger partial charge in [-0.25, -0.2) is 4.79 Å². The molecular weight excluding hydrogens is 509 g/mol. The first-order valence-electron chi connectivity index (χ1n) is 12.5. The lowest BCUT2D eigenvalue weighted by Gasteiger charge is -2.23. The number of carbonyl (C=O) groups excluding carboxylic acids is 1. The first-order chi connectivity index (χ1) is 18.6. The van der Waals surface area contributed by atoms with Gasteiger partial charge in [-0.2, -0.15) is 18.4 Å². The number of rotatable bonds is 6. The fourth-order valence-corrected chi connectivity index (χ4v) is 4.24. The van der Waals surface area contributed by atoms with Crippen molar-refractivity contribution in [3.8, 4) is 17.9 Å². The van der Waals surface area contributed by atoms with Crippen LogP contribution in [0.2, 0.25) is 0 Å². The molecule has 8 nitrogen and oxygen atoms in total. The normalized spacial score (nSPS) is 14.3. The number of benzene rings is 1. The van der Waals surface area contributed by atoms with Crippen molar-refractivity contribution in [2.24, 2.45) is 0 Å². The molecule has 0 unspecified atom stereocenters. The van der Waals surface area contributed by atoms with Gasteiger partial charge in [0, 0.05) is 24.6 Å². The average molecular weight is 539 g/mol. The summed E-state index contributed by atoms with van der Waals surface area (Å²) in [4.78, 5) is 16.9. The number of nitrogens with zero attached hydrogens (tertiary/aromatic N) is 3. The molecule has 1 aliphatic heterocycles. The van der Waals surface area contributed by atoms with E-state index in [0.717, 1.165) is 4.57 Å². The Balaban J connectivity index is 1.52. The first-order valence-corrected chi connectivity index (χ1v) is 12.5. The second-order valence-corrected chi connectivity index (χ2v) is 9.78. The molecule has 0 aliphatic carbocycles. The van der Waals surface area contributed by atoms with E-state index in [-0.39, 0.29) is 18.3 Å². The number of hydrogen-bond acceptors (Lipinski definition) is 5. The van der Waals surface area contributed by atoms with Crippen LogP contribution in [0.25, 0.3) is 10.9 Å². The molecule has 1 aliphatic rings. The van der Waals surface area contributed by atoms with Gasteiger partial charge < -0.3 is 25.3 Å². The summed E-state index contributed by atoms with van der Waals surface area (Å²) in [5, 5.41) is 18.4. The largest absolute Gasteiger partial charge is 0.406 e. The summed E-state index contributed by atoms with van der Waals surface area (Å²) in [6, 6.07) is 11.6. The van der Waals surface area contributed by atoms with Crippen LogP contribution in [0.4, 0.5) is 29.3 Å². The average Bonchev–Trinajstić information content (AvgIpc) is 3.24. The zero-order valence-corrected chi connectivity index (χ0v) is 21.7. The van der Waals surface area contributed by atoms with Crippen molar-refractivity contribution in [2.45, 2.75) is 50.9 Å². The Bertz CT molecular complexity index is 1420. The number of alkyl halides is 3. The lowest BCUT2D eigenvalue weighted by atomic mass is 9.91. The summed E-state index contributed by atoms with van der Waals surface area (Å²) in [6.45, 7) is 3.62. The van der Waals surface area contributed by atoms with Gasteiger partial charge in [-0.3, -0.25) is 4.98 Å². The second kappa shape index (κ2) is 11.7. The summed E-state index contributed by atoms with van der Waals surface area (Å²) in [6.07, 6.45) is -1.48. The molecule has 2 amide bonds. The lowest BCUT2D eigenvalue weighted by molar-refractivity contribution is -0.140. The third kappa shape index (κ3) is 7.21. The molecule has 0 atom stereocenters. The highest BCUT2D eigenvalue weighted by Gasteiger charge is 2.30. The number of anilines is 2. The summed E-state index contributed by atoms with van der Waals surface area (Å²) < 4.78 is 46.8. The molecular formula is C28H29F3N6O2. The molecule has 4 rings (SSSR count). The Morgan fingerprint density at radius 1 is 1.21 bits per heavy atom. The fourth-order valence-electron chi connectivity index (χ4n) is 4.24. The smallest absolute Gasteiger partial charge is 0.381 e. The van der Waals surface area contributed by atoms with Crippen molar-refractivity contribution in [1.29, 1.82) is 5.26 Å². The predicted octanol–water partition coefficient (Wildman–Crippen LogP) is 5.16. The molecule has 3 heterocycles. The highest BCUT2D eigenvalue weighted by molar-refractivity contribution is 6.01. The zero-order chi connectivity index (χ0) is 28.0. The second-order valence-electron chi connectivity index (χ2n) is 9.78. The van der Waals surface area contributed by atoms with Crippen LogP contribution in [0, 0.1) is 23.2 Å². The number of urea groups is 1. The number of amides is 2. The van der Waals surface area contributed by atoms with Crippen LogP contribution < -0.4 is 16.0 Å². The van der Waals surface area contributed by atoms with Crippen LogP contribution in [0.15, 0.2) is 42.6 Å². The maximum Gasteiger partial charge on any atom is 0.406 e. The van der Waals surface area contributed by atoms with Crippen molar-refractivity contribution >= 4 is 28.3 Å². The van der Waals surface area contributed by atoms with Gasteiger partial charge in [0.25, 0.3) is 0 Å². The third-order valence-electron chi connectivity index (χ3n) is 6.37. The highest BCUT2D eigenvalue weighted by atomic mass is 19.4. The van der Waals surface area contributed by atoms with Gasteiger partial charge in [0.1, 0.15) is 6.54 Å². The molecule has 0 radical (unpaired) electrons.